The molecule has 0 saturated carbocycles. The highest BCUT2D eigenvalue weighted by Crippen LogP contribution is 2.55. The fraction of sp³-hybridized carbons (Fsp3) is 0.722. The number of aliphatic hydroxyl groups excluding tert-OH is 1. The molecule has 19 heteroatoms. The molecule has 0 spiro atoms. The Kier molecular flexibility index (Phi) is 10.9. The van der Waals surface area contributed by atoms with Crippen molar-refractivity contribution in [3.8, 4) is 0 Å². The van der Waals surface area contributed by atoms with Gasteiger partial charge < -0.3 is 44.4 Å². The Bertz CT molecular complexity index is 1190. The van der Waals surface area contributed by atoms with Gasteiger partial charge in [-0.2, -0.15) is 0 Å². The van der Waals surface area contributed by atoms with E-state index in [0.717, 1.165) is 0 Å². The molecule has 1 fully saturated rings. The van der Waals surface area contributed by atoms with Gasteiger partial charge in [0.1, 0.15) is 18.3 Å². The van der Waals surface area contributed by atoms with E-state index in [1.165, 1.54) is 42.2 Å². The summed E-state index contributed by atoms with van der Waals surface area (Å²) in [6.45, 7) is 9.34. The Hall–Kier alpha value is -1.75. The minimum absolute atomic E-state index is 0.0820. The van der Waals surface area contributed by atoms with Gasteiger partial charge in [-0.3, -0.25) is 18.9 Å². The van der Waals surface area contributed by atoms with Crippen LogP contribution in [0, 0.1) is 0 Å². The molecule has 17 nitrogen and oxygen atoms in total. The van der Waals surface area contributed by atoms with E-state index >= 15 is 0 Å². The van der Waals surface area contributed by atoms with Gasteiger partial charge in [-0.05, 0) is 19.6 Å². The average Bonchev–Trinajstić information content (AvgIpc) is 3.28. The van der Waals surface area contributed by atoms with Crippen LogP contribution in [0.3, 0.4) is 0 Å². The number of H-pyrrole nitrogens is 1. The van der Waals surface area contributed by atoms with Crippen LogP contribution in [0.25, 0.3) is 11.2 Å². The predicted octanol–water partition coefficient (Wildman–Crippen LogP) is -1.65. The van der Waals surface area contributed by atoms with Crippen LogP contribution < -0.4 is 20.8 Å². The lowest BCUT2D eigenvalue weighted by atomic mass is 10.1. The summed E-state index contributed by atoms with van der Waals surface area (Å²) in [4.78, 5) is 49.7. The van der Waals surface area contributed by atoms with Gasteiger partial charge in [0.15, 0.2) is 6.33 Å². The molecule has 0 bridgehead atoms. The van der Waals surface area contributed by atoms with E-state index in [4.69, 9.17) is 25.0 Å². The number of ether oxygens (including phenoxy) is 2. The van der Waals surface area contributed by atoms with E-state index in [9.17, 15) is 23.9 Å². The molecular weight excluding hydrogens is 538 g/mol. The molecule has 5 atom stereocenters. The van der Waals surface area contributed by atoms with Crippen LogP contribution >= 0.6 is 15.6 Å². The van der Waals surface area contributed by atoms with E-state index in [1.54, 1.807) is 7.05 Å². The van der Waals surface area contributed by atoms with Crippen LogP contribution in [0.2, 0.25) is 0 Å². The number of aromatic amines is 1. The molecule has 2 aromatic heterocycles. The monoisotopic (exact) mass is 572 g/mol. The second-order valence-corrected chi connectivity index (χ2v) is 10.7. The second kappa shape index (κ2) is 12.9. The number of aryl methyl sites for hydroxylation is 1. The Morgan fingerprint density at radius 1 is 1.30 bits per heavy atom. The van der Waals surface area contributed by atoms with Crippen molar-refractivity contribution in [1.29, 1.82) is 0 Å². The quantitative estimate of drug-likeness (QED) is 0.158. The highest BCUT2D eigenvalue weighted by Gasteiger charge is 2.48. The zero-order chi connectivity index (χ0) is 28.1. The lowest BCUT2D eigenvalue weighted by molar-refractivity contribution is -0.745. The number of hydrogen-bond donors (Lipinski definition) is 5. The summed E-state index contributed by atoms with van der Waals surface area (Å²) in [5, 5.41) is 10.6. The molecule has 0 radical (unpaired) electrons. The van der Waals surface area contributed by atoms with Crippen LogP contribution in [-0.2, 0) is 34.5 Å². The predicted molar refractivity (Wildman–Crippen MR) is 127 cm³/mol. The lowest BCUT2D eigenvalue weighted by Gasteiger charge is -2.25. The van der Waals surface area contributed by atoms with E-state index < -0.39 is 52.4 Å². The van der Waals surface area contributed by atoms with E-state index in [1.807, 2.05) is 0 Å². The molecule has 1 aliphatic heterocycles. The largest absolute Gasteiger partial charge is 0.756 e. The number of phosphoric ester groups is 1. The molecular formula is C18H34N6O11P2. The van der Waals surface area contributed by atoms with Gasteiger partial charge in [0.25, 0.3) is 19.3 Å². The zero-order valence-corrected chi connectivity index (χ0v) is 22.9. The molecule has 3 rings (SSSR count). The summed E-state index contributed by atoms with van der Waals surface area (Å²) in [7, 11) is -7.96. The highest BCUT2D eigenvalue weighted by molar-refractivity contribution is 7.60. The first kappa shape index (κ1) is 31.5. The number of rotatable bonds is 10. The van der Waals surface area contributed by atoms with Crippen molar-refractivity contribution in [2.45, 2.75) is 45.3 Å². The summed E-state index contributed by atoms with van der Waals surface area (Å²) < 4.78 is 43.8. The first-order valence-electron chi connectivity index (χ1n) is 11.2. The second-order valence-electron chi connectivity index (χ2n) is 7.95. The summed E-state index contributed by atoms with van der Waals surface area (Å²) in [6.07, 6.45) is -3.44. The Morgan fingerprint density at radius 2 is 1.89 bits per heavy atom. The number of aromatic nitrogens is 4. The SMILES string of the molecule is CCN(CC)CC.CO[C@H]1[C@@H](O)[C@H]([n+]2cn(C)c3c(=O)[nH]c(N)nc32)O[C@@H]1COP(=O)([O-])OP(=O)(O)O. The number of hydrogen-bond acceptors (Lipinski definition) is 12. The maximum Gasteiger partial charge on any atom is 0.476 e. The normalized spacial score (nSPS) is 23.7. The number of aliphatic hydroxyl groups is 1. The topological polar surface area (TPSA) is 239 Å². The number of nitrogens with two attached hydrogens (primary N) is 1. The maximum atomic E-state index is 12.1. The third-order valence-electron chi connectivity index (χ3n) is 5.59. The Labute approximate surface area is 212 Å². The van der Waals surface area contributed by atoms with Crippen molar-refractivity contribution in [3.05, 3.63) is 16.7 Å². The Balaban J connectivity index is 0.000000604. The number of fused-ring (bicyclic) bond motifs is 1. The van der Waals surface area contributed by atoms with Crippen molar-refractivity contribution in [1.82, 2.24) is 19.4 Å². The third kappa shape index (κ3) is 8.12. The molecule has 0 aromatic carbocycles. The summed E-state index contributed by atoms with van der Waals surface area (Å²) in [5.74, 6) is -0.176. The number of imidazole rings is 1. The van der Waals surface area contributed by atoms with Gasteiger partial charge in [-0.25, -0.2) is 13.4 Å². The van der Waals surface area contributed by atoms with Gasteiger partial charge in [0, 0.05) is 7.11 Å². The van der Waals surface area contributed by atoms with Gasteiger partial charge in [0.2, 0.25) is 11.7 Å². The van der Waals surface area contributed by atoms with Gasteiger partial charge in [-0.1, -0.05) is 25.8 Å². The summed E-state index contributed by atoms with van der Waals surface area (Å²) in [6, 6.07) is 0. The highest BCUT2D eigenvalue weighted by atomic mass is 31.3. The van der Waals surface area contributed by atoms with E-state index in [-0.39, 0.29) is 17.1 Å². The average molecular weight is 572 g/mol. The third-order valence-corrected chi connectivity index (χ3v) is 7.71. The van der Waals surface area contributed by atoms with Gasteiger partial charge >= 0.3 is 13.5 Å². The first-order valence-corrected chi connectivity index (χ1v) is 14.2. The first-order chi connectivity index (χ1) is 17.2. The van der Waals surface area contributed by atoms with Gasteiger partial charge in [0.05, 0.1) is 13.7 Å². The Morgan fingerprint density at radius 3 is 2.38 bits per heavy atom. The molecule has 0 amide bonds. The zero-order valence-electron chi connectivity index (χ0n) is 21.1. The van der Waals surface area contributed by atoms with E-state index in [2.05, 4.69) is 44.5 Å². The smallest absolute Gasteiger partial charge is 0.476 e. The molecule has 1 unspecified atom stereocenters. The van der Waals surface area contributed by atoms with Gasteiger partial charge in [-0.15, -0.1) is 0 Å². The van der Waals surface area contributed by atoms with Crippen LogP contribution in [0.15, 0.2) is 11.1 Å². The van der Waals surface area contributed by atoms with E-state index in [0.29, 0.717) is 0 Å². The summed E-state index contributed by atoms with van der Waals surface area (Å²) in [5.41, 5.74) is 5.27. The molecule has 212 valence electrons. The standard InChI is InChI=1S/C12H19N5O11P2.C6H15N/c1-16-4-17(9-6(16)10(19)15-12(13)14-9)11-7(18)8(25-2)5(27-11)3-26-30(23,24)28-29(20,21)22;1-4-7(5-2)6-3/h4-5,7-8,11,18H,3H2,1-2H3,(H5-,13,14,15,19,20,21,22,23,24);4-6H2,1-3H3/t5-,7-,8-,11-;/m1./s1. The molecule has 6 N–H and O–H groups in total. The molecule has 1 aliphatic rings. The lowest BCUT2D eigenvalue weighted by Crippen LogP contribution is -2.46. The molecule has 1 saturated heterocycles. The molecule has 3 heterocycles. The number of phosphoric acid groups is 2. The molecule has 0 aliphatic carbocycles. The van der Waals surface area contributed by atoms with Crippen LogP contribution in [0.4, 0.5) is 5.95 Å². The minimum atomic E-state index is -5.38. The number of methoxy groups -OCH3 is 1. The fourth-order valence-electron chi connectivity index (χ4n) is 3.82. The number of nitrogen functional groups attached to an aromatic ring is 1. The van der Waals surface area contributed by atoms with Crippen LogP contribution in [0.1, 0.15) is 27.0 Å². The number of nitrogens with zero attached hydrogens (tertiary/aromatic N) is 4. The fourth-order valence-corrected chi connectivity index (χ4v) is 5.38. The van der Waals surface area contributed by atoms with Crippen LogP contribution in [0.5, 0.6) is 0 Å². The van der Waals surface area contributed by atoms with Crippen molar-refractivity contribution in [3.63, 3.8) is 0 Å². The van der Waals surface area contributed by atoms with Crippen molar-refractivity contribution in [2.24, 2.45) is 7.05 Å². The number of nitrogens with one attached hydrogen (secondary N) is 1. The van der Waals surface area contributed by atoms with Crippen molar-refractivity contribution >= 4 is 32.8 Å². The molecule has 2 aromatic rings. The molecule has 37 heavy (non-hydrogen) atoms. The minimum Gasteiger partial charge on any atom is -0.756 e. The maximum absolute atomic E-state index is 12.1. The summed E-state index contributed by atoms with van der Waals surface area (Å²) >= 11 is 0. The van der Waals surface area contributed by atoms with Crippen LogP contribution in [-0.4, -0.2) is 86.0 Å². The van der Waals surface area contributed by atoms with Crippen molar-refractivity contribution < 1.29 is 51.8 Å². The van der Waals surface area contributed by atoms with Crippen molar-refractivity contribution in [2.75, 3.05) is 39.1 Å². The number of anilines is 1.